The summed E-state index contributed by atoms with van der Waals surface area (Å²) in [5.74, 6) is 1.86. The number of carbonyl (C=O) groups is 1. The lowest BCUT2D eigenvalue weighted by molar-refractivity contribution is -0.121. The summed E-state index contributed by atoms with van der Waals surface area (Å²) in [4.78, 5) is 27.8. The maximum absolute atomic E-state index is 12.2. The molecule has 1 N–H and O–H groups in total. The minimum absolute atomic E-state index is 0.161. The van der Waals surface area contributed by atoms with Crippen LogP contribution in [0.5, 0.6) is 0 Å². The molecule has 7 nitrogen and oxygen atoms in total. The van der Waals surface area contributed by atoms with Crippen molar-refractivity contribution in [1.82, 2.24) is 20.3 Å². The smallest absolute Gasteiger partial charge is 0.225 e. The molecule has 32 heavy (non-hydrogen) atoms. The number of carbonyl (C=O) groups excluding carboxylic acids is 1. The average Bonchev–Trinajstić information content (AvgIpc) is 3.36. The molecule has 1 saturated heterocycles. The van der Waals surface area contributed by atoms with Gasteiger partial charge in [0.15, 0.2) is 0 Å². The number of aromatic nitrogens is 3. The lowest BCUT2D eigenvalue weighted by Crippen LogP contribution is -2.31. The number of anilines is 1. The summed E-state index contributed by atoms with van der Waals surface area (Å²) in [5.41, 5.74) is 3.35. The van der Waals surface area contributed by atoms with E-state index in [9.17, 15) is 4.79 Å². The van der Waals surface area contributed by atoms with Gasteiger partial charge in [0.25, 0.3) is 0 Å². The van der Waals surface area contributed by atoms with Crippen molar-refractivity contribution in [2.24, 2.45) is 5.92 Å². The Bertz CT molecular complexity index is 875. The highest BCUT2D eigenvalue weighted by Gasteiger charge is 2.27. The molecule has 0 spiro atoms. The van der Waals surface area contributed by atoms with Crippen molar-refractivity contribution >= 4 is 11.9 Å². The van der Waals surface area contributed by atoms with Crippen LogP contribution in [0, 0.1) is 5.92 Å². The molecule has 0 radical (unpaired) electrons. The number of nitrogens with zero attached hydrogens (tertiary/aromatic N) is 4. The number of amides is 1. The molecule has 2 aliphatic rings. The fourth-order valence-corrected chi connectivity index (χ4v) is 4.82. The Morgan fingerprint density at radius 1 is 1.16 bits per heavy atom. The van der Waals surface area contributed by atoms with Crippen molar-refractivity contribution in [3.05, 3.63) is 36.4 Å². The molecular weight excluding hydrogens is 402 g/mol. The lowest BCUT2D eigenvalue weighted by Gasteiger charge is -2.30. The zero-order valence-electron chi connectivity index (χ0n) is 19.3. The van der Waals surface area contributed by atoms with E-state index in [1.54, 1.807) is 0 Å². The van der Waals surface area contributed by atoms with Crippen LogP contribution in [-0.4, -0.2) is 54.2 Å². The van der Waals surface area contributed by atoms with E-state index in [4.69, 9.17) is 9.72 Å². The van der Waals surface area contributed by atoms with Crippen molar-refractivity contribution < 1.29 is 9.53 Å². The first-order valence-electron chi connectivity index (χ1n) is 11.9. The van der Waals surface area contributed by atoms with Crippen molar-refractivity contribution in [2.75, 3.05) is 32.1 Å². The van der Waals surface area contributed by atoms with Crippen LogP contribution in [0.15, 0.2) is 30.7 Å². The van der Waals surface area contributed by atoms with Crippen molar-refractivity contribution in [2.45, 2.75) is 63.4 Å². The zero-order valence-corrected chi connectivity index (χ0v) is 19.3. The zero-order chi connectivity index (χ0) is 22.3. The highest BCUT2D eigenvalue weighted by Crippen LogP contribution is 2.39. The molecule has 0 bridgehead atoms. The summed E-state index contributed by atoms with van der Waals surface area (Å²) in [6.45, 7) is 1.63. The molecule has 3 heterocycles. The third-order valence-electron chi connectivity index (χ3n) is 6.74. The molecule has 2 aromatic rings. The summed E-state index contributed by atoms with van der Waals surface area (Å²) >= 11 is 0. The Morgan fingerprint density at radius 2 is 1.94 bits per heavy atom. The third-order valence-corrected chi connectivity index (χ3v) is 6.74. The van der Waals surface area contributed by atoms with E-state index in [1.807, 2.05) is 49.7 Å². The molecule has 172 valence electrons. The van der Waals surface area contributed by atoms with Crippen LogP contribution in [0.3, 0.4) is 0 Å². The van der Waals surface area contributed by atoms with Gasteiger partial charge in [-0.15, -0.1) is 0 Å². The summed E-state index contributed by atoms with van der Waals surface area (Å²) in [6, 6.07) is 4.05. The van der Waals surface area contributed by atoms with Crippen LogP contribution >= 0.6 is 0 Å². The van der Waals surface area contributed by atoms with E-state index < -0.39 is 0 Å². The summed E-state index contributed by atoms with van der Waals surface area (Å²) in [5, 5.41) is 3.16. The normalized spacial score (nSPS) is 23.1. The van der Waals surface area contributed by atoms with E-state index >= 15 is 0 Å². The molecule has 1 saturated carbocycles. The SMILES string of the molecule is CN(C)c1ncc(-c2ccncc2)c(C2CCC(CNC(=O)CCC3CCCO3)CC2)n1. The molecule has 1 aliphatic carbocycles. The Labute approximate surface area is 191 Å². The van der Waals surface area contributed by atoms with Crippen LogP contribution in [0.2, 0.25) is 0 Å². The number of hydrogen-bond acceptors (Lipinski definition) is 6. The van der Waals surface area contributed by atoms with E-state index in [2.05, 4.69) is 15.3 Å². The summed E-state index contributed by atoms with van der Waals surface area (Å²) < 4.78 is 5.62. The van der Waals surface area contributed by atoms with Gasteiger partial charge in [-0.1, -0.05) is 0 Å². The number of hydrogen-bond donors (Lipinski definition) is 1. The molecule has 1 unspecified atom stereocenters. The summed E-state index contributed by atoms with van der Waals surface area (Å²) in [7, 11) is 3.95. The molecular formula is C25H35N5O2. The van der Waals surface area contributed by atoms with E-state index in [-0.39, 0.29) is 12.0 Å². The third kappa shape index (κ3) is 5.82. The van der Waals surface area contributed by atoms with Crippen molar-refractivity contribution in [3.8, 4) is 11.1 Å². The van der Waals surface area contributed by atoms with Crippen LogP contribution in [0.25, 0.3) is 11.1 Å². The molecule has 2 aromatic heterocycles. The lowest BCUT2D eigenvalue weighted by atomic mass is 9.79. The number of ether oxygens (including phenoxy) is 1. The van der Waals surface area contributed by atoms with Gasteiger partial charge in [-0.3, -0.25) is 9.78 Å². The fraction of sp³-hybridized carbons (Fsp3) is 0.600. The Balaban J connectivity index is 1.33. The maximum Gasteiger partial charge on any atom is 0.225 e. The van der Waals surface area contributed by atoms with Gasteiger partial charge in [0.1, 0.15) is 0 Å². The minimum atomic E-state index is 0.161. The number of nitrogens with one attached hydrogen (secondary N) is 1. The van der Waals surface area contributed by atoms with Crippen molar-refractivity contribution in [3.63, 3.8) is 0 Å². The van der Waals surface area contributed by atoms with E-state index in [1.165, 1.54) is 0 Å². The van der Waals surface area contributed by atoms with Gasteiger partial charge < -0.3 is 15.0 Å². The maximum atomic E-state index is 12.2. The predicted octanol–water partition coefficient (Wildman–Crippen LogP) is 3.95. The van der Waals surface area contributed by atoms with E-state index in [0.717, 1.165) is 80.9 Å². The first-order chi connectivity index (χ1) is 15.6. The molecule has 4 rings (SSSR count). The van der Waals surface area contributed by atoms with Gasteiger partial charge in [0.2, 0.25) is 11.9 Å². The minimum Gasteiger partial charge on any atom is -0.378 e. The molecule has 0 aromatic carbocycles. The quantitative estimate of drug-likeness (QED) is 0.673. The highest BCUT2D eigenvalue weighted by atomic mass is 16.5. The van der Waals surface area contributed by atoms with Crippen LogP contribution in [-0.2, 0) is 9.53 Å². The summed E-state index contributed by atoms with van der Waals surface area (Å²) in [6.07, 6.45) is 13.9. The molecule has 1 atom stereocenters. The number of rotatable bonds is 8. The average molecular weight is 438 g/mol. The second-order valence-corrected chi connectivity index (χ2v) is 9.29. The van der Waals surface area contributed by atoms with E-state index in [0.29, 0.717) is 18.3 Å². The molecule has 1 amide bonds. The van der Waals surface area contributed by atoms with Crippen LogP contribution < -0.4 is 10.2 Å². The van der Waals surface area contributed by atoms with Gasteiger partial charge in [0.05, 0.1) is 11.8 Å². The fourth-order valence-electron chi connectivity index (χ4n) is 4.82. The molecule has 7 heteroatoms. The first kappa shape index (κ1) is 22.6. The van der Waals surface area contributed by atoms with Gasteiger partial charge in [0, 0.05) is 63.7 Å². The Morgan fingerprint density at radius 3 is 2.62 bits per heavy atom. The van der Waals surface area contributed by atoms with Gasteiger partial charge >= 0.3 is 0 Å². The highest BCUT2D eigenvalue weighted by molar-refractivity contribution is 5.75. The Kier molecular flexibility index (Phi) is 7.68. The van der Waals surface area contributed by atoms with Crippen molar-refractivity contribution in [1.29, 1.82) is 0 Å². The molecule has 1 aliphatic heterocycles. The molecule has 2 fully saturated rings. The predicted molar refractivity (Wildman–Crippen MR) is 126 cm³/mol. The van der Waals surface area contributed by atoms with Gasteiger partial charge in [-0.05, 0) is 68.6 Å². The second-order valence-electron chi connectivity index (χ2n) is 9.29. The first-order valence-corrected chi connectivity index (χ1v) is 11.9. The Hall–Kier alpha value is -2.54. The monoisotopic (exact) mass is 437 g/mol. The standard InChI is InChI=1S/C25H35N5O2/c1-30(2)25-28-17-22(19-11-13-26-14-12-19)24(29-25)20-7-5-18(6-8-20)16-27-23(31)10-9-21-4-3-15-32-21/h11-14,17-18,20-21H,3-10,15-16H2,1-2H3,(H,27,31). The number of pyridine rings is 1. The topological polar surface area (TPSA) is 80.2 Å². The van der Waals surface area contributed by atoms with Crippen LogP contribution in [0.4, 0.5) is 5.95 Å². The second kappa shape index (κ2) is 10.9. The van der Waals surface area contributed by atoms with Gasteiger partial charge in [-0.25, -0.2) is 9.97 Å². The van der Waals surface area contributed by atoms with Gasteiger partial charge in [-0.2, -0.15) is 0 Å². The van der Waals surface area contributed by atoms with Crippen LogP contribution in [0.1, 0.15) is 63.0 Å². The largest absolute Gasteiger partial charge is 0.378 e.